The van der Waals surface area contributed by atoms with Crippen molar-refractivity contribution >= 4 is 45.2 Å². The molecule has 0 unspecified atom stereocenters. The van der Waals surface area contributed by atoms with Crippen molar-refractivity contribution in [3.05, 3.63) is 41.4 Å². The van der Waals surface area contributed by atoms with E-state index in [0.29, 0.717) is 16.5 Å². The van der Waals surface area contributed by atoms with Crippen molar-refractivity contribution < 1.29 is 4.39 Å². The first-order valence-electron chi connectivity index (χ1n) is 5.91. The maximum atomic E-state index is 13.7. The predicted molar refractivity (Wildman–Crippen MR) is 79.7 cm³/mol. The third kappa shape index (κ3) is 3.79. The second-order valence-corrected chi connectivity index (χ2v) is 20.0. The Kier molecular flexibility index (Phi) is 4.30. The van der Waals surface area contributed by atoms with Gasteiger partial charge in [-0.25, -0.2) is 0 Å². The van der Waals surface area contributed by atoms with Gasteiger partial charge in [0.2, 0.25) is 0 Å². The average molecular weight is 386 g/mol. The Bertz CT molecular complexity index is 599. The number of aromatic nitrogens is 2. The zero-order chi connectivity index (χ0) is 14.0. The molecule has 0 fully saturated rings. The fraction of sp³-hybridized carbons (Fsp3) is 0.231. The van der Waals surface area contributed by atoms with Gasteiger partial charge in [-0.1, -0.05) is 0 Å². The number of hydrogen-bond donors (Lipinski definition) is 1. The summed E-state index contributed by atoms with van der Waals surface area (Å²) in [6.45, 7) is 0. The molecule has 1 N–H and O–H groups in total. The van der Waals surface area contributed by atoms with Gasteiger partial charge in [0.15, 0.2) is 0 Å². The minimum atomic E-state index is -2.26. The van der Waals surface area contributed by atoms with Gasteiger partial charge in [-0.3, -0.25) is 0 Å². The second kappa shape index (κ2) is 5.63. The van der Waals surface area contributed by atoms with E-state index < -0.39 is 24.2 Å². The number of nitrogens with one attached hydrogen (secondary N) is 1. The van der Waals surface area contributed by atoms with E-state index in [-0.39, 0.29) is 0 Å². The molecule has 0 aliphatic rings. The van der Waals surface area contributed by atoms with Crippen molar-refractivity contribution in [3.8, 4) is 0 Å². The third-order valence-electron chi connectivity index (χ3n) is 2.60. The van der Waals surface area contributed by atoms with E-state index in [0.717, 1.165) is 3.71 Å². The number of nitrogens with zero attached hydrogens (tertiary/aromatic N) is 2. The molecule has 0 saturated heterocycles. The van der Waals surface area contributed by atoms with Crippen LogP contribution in [0.2, 0.25) is 19.8 Å². The van der Waals surface area contributed by atoms with E-state index in [1.165, 1.54) is 6.07 Å². The van der Waals surface area contributed by atoms with Gasteiger partial charge in [0.25, 0.3) is 0 Å². The first kappa shape index (κ1) is 14.5. The molecule has 0 atom stereocenters. The van der Waals surface area contributed by atoms with Crippen LogP contribution in [-0.2, 0) is 0 Å². The van der Waals surface area contributed by atoms with Crippen LogP contribution >= 0.6 is 11.6 Å². The van der Waals surface area contributed by atoms with Crippen LogP contribution in [0.1, 0.15) is 0 Å². The van der Waals surface area contributed by atoms with Crippen molar-refractivity contribution in [2.75, 3.05) is 5.32 Å². The molecule has 0 spiro atoms. The van der Waals surface area contributed by atoms with Gasteiger partial charge >= 0.3 is 121 Å². The summed E-state index contributed by atoms with van der Waals surface area (Å²) in [5.74, 6) is 0.157. The topological polar surface area (TPSA) is 37.8 Å². The van der Waals surface area contributed by atoms with Gasteiger partial charge in [0.05, 0.1) is 0 Å². The molecule has 0 bridgehead atoms. The van der Waals surface area contributed by atoms with Gasteiger partial charge in [-0.2, -0.15) is 0 Å². The summed E-state index contributed by atoms with van der Waals surface area (Å²) in [7, 11) is 0. The summed E-state index contributed by atoms with van der Waals surface area (Å²) in [4.78, 5) is 15.5. The van der Waals surface area contributed by atoms with Crippen molar-refractivity contribution in [3.63, 3.8) is 0 Å². The van der Waals surface area contributed by atoms with Crippen molar-refractivity contribution in [1.82, 2.24) is 9.97 Å². The van der Waals surface area contributed by atoms with Crippen LogP contribution in [-0.4, -0.2) is 28.3 Å². The number of anilines is 2. The molecular weight excluding hydrogens is 371 g/mol. The van der Waals surface area contributed by atoms with Gasteiger partial charge in [0.1, 0.15) is 0 Å². The first-order chi connectivity index (χ1) is 8.86. The fourth-order valence-corrected chi connectivity index (χ4v) is 4.29. The van der Waals surface area contributed by atoms with Crippen LogP contribution in [0.5, 0.6) is 0 Å². The zero-order valence-electron chi connectivity index (χ0n) is 11.0. The SMILES string of the molecule is [CH3][Sn]([CH3])([CH3])[c]1cncc(Nc2ccc(Cl)cc2F)n1. The van der Waals surface area contributed by atoms with Crippen LogP contribution in [0.4, 0.5) is 15.9 Å². The average Bonchev–Trinajstić information content (AvgIpc) is 2.32. The molecule has 19 heavy (non-hydrogen) atoms. The molecular formula is C13H15ClFN3Sn. The Morgan fingerprint density at radius 3 is 2.58 bits per heavy atom. The van der Waals surface area contributed by atoms with Crippen LogP contribution in [0.3, 0.4) is 0 Å². The summed E-state index contributed by atoms with van der Waals surface area (Å²) in [6.07, 6.45) is 3.40. The zero-order valence-corrected chi connectivity index (χ0v) is 14.6. The minimum absolute atomic E-state index is 0.347. The molecule has 2 rings (SSSR count). The van der Waals surface area contributed by atoms with Gasteiger partial charge < -0.3 is 0 Å². The summed E-state index contributed by atoms with van der Waals surface area (Å²) in [6, 6.07) is 4.49. The standard InChI is InChI=1S/C10H6ClFN3.3CH3.Sn/c11-7-1-2-9(8(12)5-7)15-10-6-13-3-4-14-10;;;;/h1-3,5-6H,(H,14,15);3*1H3;. The molecule has 0 aliphatic heterocycles. The molecule has 100 valence electrons. The summed E-state index contributed by atoms with van der Waals surface area (Å²) < 4.78 is 14.7. The van der Waals surface area contributed by atoms with E-state index in [1.54, 1.807) is 24.5 Å². The van der Waals surface area contributed by atoms with E-state index in [4.69, 9.17) is 11.6 Å². The Hall–Kier alpha value is -0.881. The molecule has 0 amide bonds. The Balaban J connectivity index is 2.29. The van der Waals surface area contributed by atoms with Crippen molar-refractivity contribution in [1.29, 1.82) is 0 Å². The fourth-order valence-electron chi connectivity index (χ4n) is 1.52. The van der Waals surface area contributed by atoms with Gasteiger partial charge in [-0.15, -0.1) is 0 Å². The molecule has 1 heterocycles. The normalized spacial score (nSPS) is 11.4. The molecule has 0 saturated carbocycles. The molecule has 6 heteroatoms. The number of rotatable bonds is 3. The molecule has 1 aromatic heterocycles. The maximum absolute atomic E-state index is 13.7. The summed E-state index contributed by atoms with van der Waals surface area (Å²) >= 11 is 3.46. The Labute approximate surface area is 121 Å². The monoisotopic (exact) mass is 387 g/mol. The second-order valence-electron chi connectivity index (χ2n) is 5.29. The van der Waals surface area contributed by atoms with E-state index in [2.05, 4.69) is 30.1 Å². The summed E-state index contributed by atoms with van der Waals surface area (Å²) in [5.41, 5.74) is 0.347. The first-order valence-corrected chi connectivity index (χ1v) is 16.3. The van der Waals surface area contributed by atoms with Gasteiger partial charge in [0, 0.05) is 0 Å². The number of hydrogen-bond acceptors (Lipinski definition) is 3. The van der Waals surface area contributed by atoms with E-state index in [9.17, 15) is 4.39 Å². The molecule has 0 aliphatic carbocycles. The van der Waals surface area contributed by atoms with Crippen molar-refractivity contribution in [2.24, 2.45) is 0 Å². The molecule has 1 aromatic carbocycles. The van der Waals surface area contributed by atoms with E-state index >= 15 is 0 Å². The molecule has 3 nitrogen and oxygen atoms in total. The number of halogens is 2. The van der Waals surface area contributed by atoms with E-state index in [1.807, 2.05) is 0 Å². The van der Waals surface area contributed by atoms with Crippen LogP contribution in [0.25, 0.3) is 0 Å². The van der Waals surface area contributed by atoms with Crippen LogP contribution in [0, 0.1) is 5.82 Å². The Morgan fingerprint density at radius 2 is 1.95 bits per heavy atom. The number of benzene rings is 1. The molecule has 0 radical (unpaired) electrons. The van der Waals surface area contributed by atoms with Crippen LogP contribution < -0.4 is 9.03 Å². The Morgan fingerprint density at radius 1 is 1.21 bits per heavy atom. The quantitative estimate of drug-likeness (QED) is 0.820. The van der Waals surface area contributed by atoms with Crippen LogP contribution in [0.15, 0.2) is 30.6 Å². The van der Waals surface area contributed by atoms with Crippen molar-refractivity contribution in [2.45, 2.75) is 14.8 Å². The molecule has 2 aromatic rings. The predicted octanol–water partition coefficient (Wildman–Crippen LogP) is 3.56. The third-order valence-corrected chi connectivity index (χ3v) is 7.91. The summed E-state index contributed by atoms with van der Waals surface area (Å²) in [5, 5.41) is 3.31. The van der Waals surface area contributed by atoms with Gasteiger partial charge in [-0.05, 0) is 0 Å².